The van der Waals surface area contributed by atoms with Gasteiger partial charge in [-0.3, -0.25) is 4.79 Å². The number of aliphatic hydroxyl groups is 1. The Morgan fingerprint density at radius 2 is 2.19 bits per heavy atom. The average molecular weight is 229 g/mol. The third-order valence-corrected chi connectivity index (χ3v) is 3.19. The summed E-state index contributed by atoms with van der Waals surface area (Å²) in [7, 11) is 0. The number of nitrogens with one attached hydrogen (secondary N) is 1. The molecule has 0 radical (unpaired) electrons. The quantitative estimate of drug-likeness (QED) is 0.649. The minimum absolute atomic E-state index is 0.233. The number of hydrogen-bond donors (Lipinski definition) is 2. The molecule has 0 amide bonds. The molecule has 2 N–H and O–H groups in total. The Kier molecular flexibility index (Phi) is 4.15. The van der Waals surface area contributed by atoms with Gasteiger partial charge >= 0.3 is 5.97 Å². The number of carbonyl (C=O) groups is 1. The third-order valence-electron chi connectivity index (χ3n) is 3.19. The van der Waals surface area contributed by atoms with Crippen LogP contribution < -0.4 is 5.32 Å². The number of carbonyl (C=O) groups excluding carboxylic acids is 1. The van der Waals surface area contributed by atoms with E-state index in [1.807, 2.05) is 0 Å². The van der Waals surface area contributed by atoms with Gasteiger partial charge in [0.15, 0.2) is 0 Å². The standard InChI is InChI=1S/C11H19NO4/c13-9-5-10(12-6-9)11(14)16-7-8-1-3-15-4-2-8/h8-10,12-13H,1-7H2/t9-,10-/m0/s1. The lowest BCUT2D eigenvalue weighted by Crippen LogP contribution is -2.34. The van der Waals surface area contributed by atoms with Gasteiger partial charge in [-0.1, -0.05) is 0 Å². The summed E-state index contributed by atoms with van der Waals surface area (Å²) < 4.78 is 10.5. The molecule has 0 unspecified atom stereocenters. The number of rotatable bonds is 3. The lowest BCUT2D eigenvalue weighted by Gasteiger charge is -2.22. The van der Waals surface area contributed by atoms with Crippen LogP contribution in [0.4, 0.5) is 0 Å². The molecule has 92 valence electrons. The summed E-state index contributed by atoms with van der Waals surface area (Å²) in [6, 6.07) is -0.324. The molecule has 2 aliphatic heterocycles. The second-order valence-electron chi connectivity index (χ2n) is 4.54. The molecule has 2 rings (SSSR count). The first-order valence-corrected chi connectivity index (χ1v) is 5.91. The van der Waals surface area contributed by atoms with Crippen molar-refractivity contribution in [1.82, 2.24) is 5.32 Å². The molecular weight excluding hydrogens is 210 g/mol. The molecule has 0 spiro atoms. The van der Waals surface area contributed by atoms with E-state index in [-0.39, 0.29) is 12.0 Å². The predicted octanol–water partition coefficient (Wildman–Crippen LogP) is -0.321. The van der Waals surface area contributed by atoms with Gasteiger partial charge in [-0.2, -0.15) is 0 Å². The Morgan fingerprint density at radius 1 is 1.44 bits per heavy atom. The van der Waals surface area contributed by atoms with Gasteiger partial charge in [0.05, 0.1) is 12.7 Å². The van der Waals surface area contributed by atoms with Crippen LogP contribution in [0.5, 0.6) is 0 Å². The molecular formula is C11H19NO4. The van der Waals surface area contributed by atoms with E-state index in [2.05, 4.69) is 5.32 Å². The highest BCUT2D eigenvalue weighted by Gasteiger charge is 2.29. The number of ether oxygens (including phenoxy) is 2. The van der Waals surface area contributed by atoms with Gasteiger partial charge in [0.1, 0.15) is 6.04 Å². The summed E-state index contributed by atoms with van der Waals surface area (Å²) in [5, 5.41) is 12.2. The van der Waals surface area contributed by atoms with E-state index in [1.54, 1.807) is 0 Å². The second-order valence-corrected chi connectivity index (χ2v) is 4.54. The lowest BCUT2D eigenvalue weighted by atomic mass is 10.0. The zero-order valence-corrected chi connectivity index (χ0v) is 9.35. The van der Waals surface area contributed by atoms with Crippen molar-refractivity contribution in [2.75, 3.05) is 26.4 Å². The summed E-state index contributed by atoms with van der Waals surface area (Å²) in [6.07, 6.45) is 1.98. The Balaban J connectivity index is 1.67. The van der Waals surface area contributed by atoms with Crippen LogP contribution in [0.3, 0.4) is 0 Å². The Labute approximate surface area is 95.1 Å². The van der Waals surface area contributed by atoms with Gasteiger partial charge in [0, 0.05) is 26.2 Å². The van der Waals surface area contributed by atoms with E-state index >= 15 is 0 Å². The van der Waals surface area contributed by atoms with Crippen molar-refractivity contribution in [1.29, 1.82) is 0 Å². The maximum Gasteiger partial charge on any atom is 0.323 e. The summed E-state index contributed by atoms with van der Waals surface area (Å²) in [5.74, 6) is 0.201. The molecule has 5 nitrogen and oxygen atoms in total. The third kappa shape index (κ3) is 3.17. The van der Waals surface area contributed by atoms with Crippen LogP contribution in [0.15, 0.2) is 0 Å². The number of aliphatic hydroxyl groups excluding tert-OH is 1. The fourth-order valence-corrected chi connectivity index (χ4v) is 2.11. The fraction of sp³-hybridized carbons (Fsp3) is 0.909. The minimum Gasteiger partial charge on any atom is -0.464 e. The van der Waals surface area contributed by atoms with Crippen LogP contribution in [-0.2, 0) is 14.3 Å². The molecule has 5 heteroatoms. The van der Waals surface area contributed by atoms with Crippen LogP contribution in [-0.4, -0.2) is 49.6 Å². The SMILES string of the molecule is O=C(OCC1CCOCC1)[C@@H]1C[C@H](O)CN1. The van der Waals surface area contributed by atoms with Crippen molar-refractivity contribution in [2.24, 2.45) is 5.92 Å². The zero-order valence-electron chi connectivity index (χ0n) is 9.35. The topological polar surface area (TPSA) is 67.8 Å². The molecule has 0 bridgehead atoms. The molecule has 0 aromatic heterocycles. The van der Waals surface area contributed by atoms with Crippen molar-refractivity contribution in [3.63, 3.8) is 0 Å². The monoisotopic (exact) mass is 229 g/mol. The molecule has 16 heavy (non-hydrogen) atoms. The first kappa shape index (κ1) is 11.8. The molecule has 0 aromatic carbocycles. The molecule has 2 aliphatic rings. The van der Waals surface area contributed by atoms with Crippen LogP contribution in [0.25, 0.3) is 0 Å². The Morgan fingerprint density at radius 3 is 2.81 bits per heavy atom. The predicted molar refractivity (Wildman–Crippen MR) is 56.9 cm³/mol. The van der Waals surface area contributed by atoms with Crippen molar-refractivity contribution in [2.45, 2.75) is 31.4 Å². The van der Waals surface area contributed by atoms with Crippen molar-refractivity contribution < 1.29 is 19.4 Å². The number of esters is 1. The van der Waals surface area contributed by atoms with Gasteiger partial charge in [-0.15, -0.1) is 0 Å². The van der Waals surface area contributed by atoms with Crippen molar-refractivity contribution >= 4 is 5.97 Å². The van der Waals surface area contributed by atoms with Gasteiger partial charge < -0.3 is 19.9 Å². The summed E-state index contributed by atoms with van der Waals surface area (Å²) >= 11 is 0. The zero-order chi connectivity index (χ0) is 11.4. The molecule has 2 saturated heterocycles. The van der Waals surface area contributed by atoms with Crippen LogP contribution >= 0.6 is 0 Å². The van der Waals surface area contributed by atoms with Gasteiger partial charge in [0.25, 0.3) is 0 Å². The van der Waals surface area contributed by atoms with E-state index in [9.17, 15) is 9.90 Å². The Bertz CT molecular complexity index is 240. The number of β-amino-alcohol motifs (C(OH)–C–C–N with tert-alkyl or cyclic N) is 1. The number of hydrogen-bond acceptors (Lipinski definition) is 5. The molecule has 2 fully saturated rings. The molecule has 2 atom stereocenters. The highest BCUT2D eigenvalue weighted by atomic mass is 16.5. The molecule has 0 saturated carbocycles. The van der Waals surface area contributed by atoms with Gasteiger partial charge in [-0.25, -0.2) is 0 Å². The molecule has 0 aliphatic carbocycles. The van der Waals surface area contributed by atoms with Crippen molar-refractivity contribution in [3.8, 4) is 0 Å². The van der Waals surface area contributed by atoms with Crippen LogP contribution in [0.1, 0.15) is 19.3 Å². The van der Waals surface area contributed by atoms with Crippen LogP contribution in [0.2, 0.25) is 0 Å². The summed E-state index contributed by atoms with van der Waals surface area (Å²) in [5.41, 5.74) is 0. The maximum absolute atomic E-state index is 11.6. The van der Waals surface area contributed by atoms with E-state index in [0.717, 1.165) is 26.1 Å². The first-order chi connectivity index (χ1) is 7.75. The largest absolute Gasteiger partial charge is 0.464 e. The van der Waals surface area contributed by atoms with Gasteiger partial charge in [-0.05, 0) is 18.8 Å². The smallest absolute Gasteiger partial charge is 0.323 e. The fourth-order valence-electron chi connectivity index (χ4n) is 2.11. The van der Waals surface area contributed by atoms with Gasteiger partial charge in [0.2, 0.25) is 0 Å². The molecule has 0 aromatic rings. The first-order valence-electron chi connectivity index (χ1n) is 5.91. The van der Waals surface area contributed by atoms with Crippen LogP contribution in [0, 0.1) is 5.92 Å². The minimum atomic E-state index is -0.416. The summed E-state index contributed by atoms with van der Waals surface area (Å²) in [4.78, 5) is 11.6. The van der Waals surface area contributed by atoms with Crippen molar-refractivity contribution in [3.05, 3.63) is 0 Å². The van der Waals surface area contributed by atoms with E-state index < -0.39 is 6.10 Å². The second kappa shape index (κ2) is 5.61. The normalized spacial score (nSPS) is 31.6. The highest BCUT2D eigenvalue weighted by molar-refractivity contribution is 5.76. The van der Waals surface area contributed by atoms with E-state index in [4.69, 9.17) is 9.47 Å². The highest BCUT2D eigenvalue weighted by Crippen LogP contribution is 2.16. The average Bonchev–Trinajstić information content (AvgIpc) is 2.74. The summed E-state index contributed by atoms with van der Waals surface area (Å²) in [6.45, 7) is 2.50. The maximum atomic E-state index is 11.6. The van der Waals surface area contributed by atoms with E-state index in [0.29, 0.717) is 25.5 Å². The Hall–Kier alpha value is -0.650. The molecule has 2 heterocycles. The van der Waals surface area contributed by atoms with E-state index in [1.165, 1.54) is 0 Å². The lowest BCUT2D eigenvalue weighted by molar-refractivity contribution is -0.148.